The summed E-state index contributed by atoms with van der Waals surface area (Å²) in [6.45, 7) is -2.60. The van der Waals surface area contributed by atoms with Crippen molar-refractivity contribution in [2.75, 3.05) is 12.4 Å². The third-order valence-corrected chi connectivity index (χ3v) is 1.91. The van der Waals surface area contributed by atoms with Crippen molar-refractivity contribution >= 4 is 10.2 Å². The van der Waals surface area contributed by atoms with E-state index in [1.807, 2.05) is 0 Å². The molecule has 3 nitrogen and oxygen atoms in total. The maximum absolute atomic E-state index is 13.2. The van der Waals surface area contributed by atoms with Gasteiger partial charge in [-0.1, -0.05) is 0 Å². The minimum atomic E-state index is -5.74. The fourth-order valence-electron chi connectivity index (χ4n) is 0.774. The molecule has 0 spiro atoms. The summed E-state index contributed by atoms with van der Waals surface area (Å²) in [5.74, 6) is -6.82. The predicted molar refractivity (Wildman–Crippen MR) is 41.0 cm³/mol. The molecule has 0 aliphatic rings. The van der Waals surface area contributed by atoms with Crippen LogP contribution < -0.4 is 0 Å². The van der Waals surface area contributed by atoms with Gasteiger partial charge in [-0.3, -0.25) is 4.74 Å². The van der Waals surface area contributed by atoms with Gasteiger partial charge >= 0.3 is 16.3 Å². The Morgan fingerprint density at radius 3 is 2.00 bits per heavy atom. The van der Waals surface area contributed by atoms with Crippen LogP contribution in [-0.4, -0.2) is 32.8 Å². The summed E-state index contributed by atoms with van der Waals surface area (Å²) in [5.41, 5.74) is 0. The van der Waals surface area contributed by atoms with E-state index in [1.165, 1.54) is 0 Å². The van der Waals surface area contributed by atoms with E-state index in [0.29, 0.717) is 0 Å². The van der Waals surface area contributed by atoms with Crippen LogP contribution in [-0.2, 0) is 15.0 Å². The quantitative estimate of drug-likeness (QED) is 0.557. The number of hydrogen-bond acceptors (Lipinski definition) is 3. The lowest BCUT2D eigenvalue weighted by Crippen LogP contribution is -2.41. The van der Waals surface area contributed by atoms with Gasteiger partial charge in [0.2, 0.25) is 0 Å². The molecule has 0 saturated carbocycles. The van der Waals surface area contributed by atoms with Gasteiger partial charge in [-0.05, 0) is 0 Å². The number of alkyl halides is 4. The Hall–Kier alpha value is -0.840. The van der Waals surface area contributed by atoms with Crippen molar-refractivity contribution in [3.63, 3.8) is 0 Å². The normalized spacial score (nSPS) is 16.4. The molecule has 0 amide bonds. The van der Waals surface area contributed by atoms with Gasteiger partial charge in [0.05, 0.1) is 0 Å². The number of ether oxygens (including phenoxy) is 1. The third-order valence-electron chi connectivity index (χ3n) is 1.17. The molecule has 0 fully saturated rings. The molecule has 0 heterocycles. The van der Waals surface area contributed by atoms with Crippen molar-refractivity contribution in [2.45, 2.75) is 12.0 Å². The highest BCUT2D eigenvalue weighted by Gasteiger charge is 2.46. The molecule has 0 saturated heterocycles. The highest BCUT2D eigenvalue weighted by molar-refractivity contribution is 7.86. The van der Waals surface area contributed by atoms with E-state index >= 15 is 0 Å². The Balaban J connectivity index is 5.20. The van der Waals surface area contributed by atoms with E-state index in [-0.39, 0.29) is 0 Å². The van der Waals surface area contributed by atoms with Gasteiger partial charge in [-0.25, -0.2) is 8.78 Å². The zero-order chi connectivity index (χ0) is 13.9. The van der Waals surface area contributed by atoms with Gasteiger partial charge in [0, 0.05) is 6.08 Å². The van der Waals surface area contributed by atoms with Crippen molar-refractivity contribution in [2.24, 2.45) is 0 Å². The molecule has 0 bridgehead atoms. The zero-order valence-electron chi connectivity index (χ0n) is 7.77. The molecule has 0 aromatic carbocycles. The second-order valence-electron chi connectivity index (χ2n) is 2.78. The van der Waals surface area contributed by atoms with Crippen LogP contribution in [0.25, 0.3) is 0 Å². The van der Waals surface area contributed by atoms with E-state index in [4.69, 9.17) is 0 Å². The van der Waals surface area contributed by atoms with Crippen LogP contribution in [0.15, 0.2) is 12.2 Å². The van der Waals surface area contributed by atoms with Gasteiger partial charge in [-0.15, -0.1) is 3.89 Å². The van der Waals surface area contributed by atoms with Crippen molar-refractivity contribution in [1.29, 1.82) is 0 Å². The lowest BCUT2D eigenvalue weighted by Gasteiger charge is -2.24. The summed E-state index contributed by atoms with van der Waals surface area (Å²) in [5, 5.41) is 0. The highest BCUT2D eigenvalue weighted by Crippen LogP contribution is 2.30. The molecule has 1 unspecified atom stereocenters. The highest BCUT2D eigenvalue weighted by atomic mass is 32.3. The average molecular weight is 290 g/mol. The van der Waals surface area contributed by atoms with Gasteiger partial charge in [0.1, 0.15) is 5.75 Å². The van der Waals surface area contributed by atoms with E-state index < -0.39 is 46.8 Å². The maximum atomic E-state index is 13.2. The summed E-state index contributed by atoms with van der Waals surface area (Å²) in [4.78, 5) is 0. The Bertz CT molecular complexity index is 388. The number of rotatable bonds is 6. The molecule has 17 heavy (non-hydrogen) atoms. The molecule has 0 rings (SSSR count). The fraction of sp³-hybridized carbons (Fsp3) is 0.667. The van der Waals surface area contributed by atoms with Gasteiger partial charge in [-0.2, -0.15) is 26.0 Å². The minimum Gasteiger partial charge on any atom is -0.276 e. The molecular formula is C6H5F7O3S. The lowest BCUT2D eigenvalue weighted by molar-refractivity contribution is -0.314. The van der Waals surface area contributed by atoms with Crippen LogP contribution >= 0.6 is 0 Å². The van der Waals surface area contributed by atoms with Crippen LogP contribution in [0, 0.1) is 0 Å². The monoisotopic (exact) mass is 290 g/mol. The first-order valence-corrected chi connectivity index (χ1v) is 5.23. The maximum Gasteiger partial charge on any atom is 0.386 e. The summed E-state index contributed by atoms with van der Waals surface area (Å²) in [6, 6.07) is 0. The van der Waals surface area contributed by atoms with E-state index in [9.17, 15) is 38.6 Å². The predicted octanol–water partition coefficient (Wildman–Crippen LogP) is 2.31. The first kappa shape index (κ1) is 16.2. The van der Waals surface area contributed by atoms with Gasteiger partial charge < -0.3 is 0 Å². The molecule has 0 aliphatic carbocycles. The second-order valence-corrected chi connectivity index (χ2v) is 4.14. The molecule has 0 N–H and O–H groups in total. The standard InChI is InChI=1S/C6H5F7O3S/c7-2-6(11,12)16-5(10,1-4(8)9)3-17(13,14)15/h1H,2-3H2. The van der Waals surface area contributed by atoms with Crippen molar-refractivity contribution < 1.29 is 43.4 Å². The van der Waals surface area contributed by atoms with Crippen molar-refractivity contribution in [3.8, 4) is 0 Å². The smallest absolute Gasteiger partial charge is 0.276 e. The van der Waals surface area contributed by atoms with E-state index in [0.717, 1.165) is 0 Å². The summed E-state index contributed by atoms with van der Waals surface area (Å²) < 4.78 is 108. The zero-order valence-corrected chi connectivity index (χ0v) is 8.59. The molecule has 0 radical (unpaired) electrons. The Morgan fingerprint density at radius 1 is 1.24 bits per heavy atom. The molecule has 11 heteroatoms. The summed E-state index contributed by atoms with van der Waals surface area (Å²) >= 11 is 0. The third kappa shape index (κ3) is 7.15. The molecule has 1 atom stereocenters. The molecule has 102 valence electrons. The number of halogens is 7. The largest absolute Gasteiger partial charge is 0.386 e. The SMILES string of the molecule is O=S(=O)(F)CC(F)(C=C(F)F)OC(F)(F)CF. The lowest BCUT2D eigenvalue weighted by atomic mass is 10.3. The average Bonchev–Trinajstić information content (AvgIpc) is 1.96. The molecule has 0 aromatic heterocycles. The van der Waals surface area contributed by atoms with E-state index in [1.54, 1.807) is 0 Å². The Labute approximate surface area is 91.1 Å². The van der Waals surface area contributed by atoms with Crippen LogP contribution in [0.5, 0.6) is 0 Å². The summed E-state index contributed by atoms with van der Waals surface area (Å²) in [7, 11) is -5.74. The first-order valence-electron chi connectivity index (χ1n) is 3.68. The van der Waals surface area contributed by atoms with Crippen molar-refractivity contribution in [3.05, 3.63) is 12.2 Å². The number of hydrogen-bond donors (Lipinski definition) is 0. The molecule has 0 aliphatic heterocycles. The van der Waals surface area contributed by atoms with E-state index in [2.05, 4.69) is 4.74 Å². The van der Waals surface area contributed by atoms with Gasteiger partial charge in [0.15, 0.2) is 6.67 Å². The topological polar surface area (TPSA) is 43.4 Å². The van der Waals surface area contributed by atoms with Crippen molar-refractivity contribution in [1.82, 2.24) is 0 Å². The Morgan fingerprint density at radius 2 is 1.71 bits per heavy atom. The van der Waals surface area contributed by atoms with Gasteiger partial charge in [0.25, 0.3) is 11.9 Å². The van der Waals surface area contributed by atoms with Crippen LogP contribution in [0.1, 0.15) is 0 Å². The molecular weight excluding hydrogens is 285 g/mol. The van der Waals surface area contributed by atoms with Crippen LogP contribution in [0.2, 0.25) is 0 Å². The fourth-order valence-corrected chi connectivity index (χ4v) is 1.39. The summed E-state index contributed by atoms with van der Waals surface area (Å²) in [6.07, 6.45) is -8.80. The molecule has 0 aromatic rings. The first-order chi connectivity index (χ1) is 7.39. The minimum absolute atomic E-state index is 0.992. The Kier molecular flexibility index (Phi) is 4.95. The van der Waals surface area contributed by atoms with Crippen LogP contribution in [0.4, 0.5) is 30.2 Å². The van der Waals surface area contributed by atoms with Crippen LogP contribution in [0.3, 0.4) is 0 Å². The second kappa shape index (κ2) is 5.21.